The summed E-state index contributed by atoms with van der Waals surface area (Å²) in [7, 11) is 0. The van der Waals surface area contributed by atoms with Crippen LogP contribution in [-0.2, 0) is 9.59 Å². The first-order valence-corrected chi connectivity index (χ1v) is 8.95. The van der Waals surface area contributed by atoms with E-state index in [9.17, 15) is 9.59 Å². The van der Waals surface area contributed by atoms with Gasteiger partial charge in [0.25, 0.3) is 0 Å². The zero-order valence-corrected chi connectivity index (χ0v) is 15.8. The van der Waals surface area contributed by atoms with E-state index in [1.165, 1.54) is 0 Å². The van der Waals surface area contributed by atoms with Crippen molar-refractivity contribution in [2.45, 2.75) is 87.0 Å². The molecule has 130 valence electrons. The van der Waals surface area contributed by atoms with Crippen molar-refractivity contribution in [3.8, 4) is 0 Å². The van der Waals surface area contributed by atoms with Gasteiger partial charge in [-0.1, -0.05) is 54.4 Å². The Morgan fingerprint density at radius 1 is 0.955 bits per heavy atom. The second-order valence-electron chi connectivity index (χ2n) is 7.74. The summed E-state index contributed by atoms with van der Waals surface area (Å²) in [6, 6.07) is 0. The van der Waals surface area contributed by atoms with E-state index < -0.39 is 5.41 Å². The Labute approximate surface area is 137 Å². The molecule has 0 aliphatic carbocycles. The lowest BCUT2D eigenvalue weighted by Gasteiger charge is -2.32. The molecule has 0 bridgehead atoms. The van der Waals surface area contributed by atoms with Crippen LogP contribution in [0.5, 0.6) is 0 Å². The molecule has 1 unspecified atom stereocenters. The summed E-state index contributed by atoms with van der Waals surface area (Å²) in [6.07, 6.45) is 5.66. The summed E-state index contributed by atoms with van der Waals surface area (Å²) >= 11 is 0. The minimum Gasteiger partial charge on any atom is -0.356 e. The third-order valence-electron chi connectivity index (χ3n) is 4.76. The third-order valence-corrected chi connectivity index (χ3v) is 4.76. The molecule has 0 saturated heterocycles. The van der Waals surface area contributed by atoms with Crippen molar-refractivity contribution in [2.24, 2.45) is 16.7 Å². The first kappa shape index (κ1) is 21.1. The molecule has 0 aromatic carbocycles. The van der Waals surface area contributed by atoms with E-state index >= 15 is 0 Å². The van der Waals surface area contributed by atoms with Gasteiger partial charge in [0.15, 0.2) is 0 Å². The van der Waals surface area contributed by atoms with Crippen LogP contribution < -0.4 is 5.32 Å². The normalized spacial score (nSPS) is 13.8. The van der Waals surface area contributed by atoms with Crippen LogP contribution in [0.3, 0.4) is 0 Å². The quantitative estimate of drug-likeness (QED) is 0.599. The number of carbonyl (C=O) groups is 2. The number of Topliss-reactive ketones (excluding diaryl/α,β-unsaturated/α-hetero) is 1. The molecule has 3 heteroatoms. The number of rotatable bonds is 11. The zero-order chi connectivity index (χ0) is 17.4. The molecule has 22 heavy (non-hydrogen) atoms. The Bertz CT molecular complexity index is 358. The van der Waals surface area contributed by atoms with Crippen molar-refractivity contribution >= 4 is 11.7 Å². The van der Waals surface area contributed by atoms with Crippen molar-refractivity contribution in [2.75, 3.05) is 6.54 Å². The largest absolute Gasteiger partial charge is 0.356 e. The summed E-state index contributed by atoms with van der Waals surface area (Å²) in [6.45, 7) is 14.9. The summed E-state index contributed by atoms with van der Waals surface area (Å²) in [5, 5.41) is 2.89. The molecule has 3 nitrogen and oxygen atoms in total. The highest BCUT2D eigenvalue weighted by Crippen LogP contribution is 2.35. The van der Waals surface area contributed by atoms with Gasteiger partial charge in [-0.15, -0.1) is 0 Å². The molecule has 0 fully saturated rings. The van der Waals surface area contributed by atoms with Gasteiger partial charge in [-0.2, -0.15) is 0 Å². The summed E-state index contributed by atoms with van der Waals surface area (Å²) < 4.78 is 0. The number of amides is 1. The first-order valence-electron chi connectivity index (χ1n) is 8.95. The smallest absolute Gasteiger partial charge is 0.225 e. The van der Waals surface area contributed by atoms with Crippen molar-refractivity contribution in [3.63, 3.8) is 0 Å². The summed E-state index contributed by atoms with van der Waals surface area (Å²) in [5.74, 6) is 0.619. The number of ketones is 1. The number of carbonyl (C=O) groups excluding carboxylic acids is 2. The Kier molecular flexibility index (Phi) is 8.95. The van der Waals surface area contributed by atoms with Gasteiger partial charge in [0.1, 0.15) is 5.78 Å². The second kappa shape index (κ2) is 9.32. The molecule has 0 aliphatic rings. The van der Waals surface area contributed by atoms with Gasteiger partial charge in [0.2, 0.25) is 5.91 Å². The maximum atomic E-state index is 12.8. The molecule has 0 aromatic rings. The van der Waals surface area contributed by atoms with Crippen LogP contribution in [0, 0.1) is 16.7 Å². The fourth-order valence-electron chi connectivity index (χ4n) is 2.79. The van der Waals surface area contributed by atoms with Crippen molar-refractivity contribution < 1.29 is 9.59 Å². The van der Waals surface area contributed by atoms with Crippen LogP contribution in [-0.4, -0.2) is 18.2 Å². The molecule has 1 amide bonds. The number of unbranched alkanes of at least 4 members (excludes halogenated alkanes) is 1. The number of hydrogen-bond acceptors (Lipinski definition) is 2. The lowest BCUT2D eigenvalue weighted by atomic mass is 9.72. The Balaban J connectivity index is 4.73. The van der Waals surface area contributed by atoms with E-state index in [0.717, 1.165) is 38.5 Å². The molecule has 0 heterocycles. The van der Waals surface area contributed by atoms with Crippen molar-refractivity contribution in [3.05, 3.63) is 0 Å². The third kappa shape index (κ3) is 6.50. The Hall–Kier alpha value is -0.860. The summed E-state index contributed by atoms with van der Waals surface area (Å²) in [5.41, 5.74) is -0.767. The zero-order valence-electron chi connectivity index (χ0n) is 15.8. The van der Waals surface area contributed by atoms with Gasteiger partial charge in [-0.05, 0) is 32.6 Å². The molecule has 0 aliphatic heterocycles. The maximum Gasteiger partial charge on any atom is 0.225 e. The average Bonchev–Trinajstić information content (AvgIpc) is 2.46. The predicted molar refractivity (Wildman–Crippen MR) is 93.8 cm³/mol. The average molecular weight is 312 g/mol. The maximum absolute atomic E-state index is 12.8. The monoisotopic (exact) mass is 311 g/mol. The van der Waals surface area contributed by atoms with Gasteiger partial charge < -0.3 is 5.32 Å². The highest BCUT2D eigenvalue weighted by molar-refractivity contribution is 5.86. The van der Waals surface area contributed by atoms with Gasteiger partial charge in [0.05, 0.1) is 0 Å². The van der Waals surface area contributed by atoms with Gasteiger partial charge in [0, 0.05) is 23.3 Å². The van der Waals surface area contributed by atoms with Crippen LogP contribution in [0.15, 0.2) is 0 Å². The van der Waals surface area contributed by atoms with E-state index in [1.807, 2.05) is 34.6 Å². The van der Waals surface area contributed by atoms with Crippen LogP contribution in [0.2, 0.25) is 0 Å². The fourth-order valence-corrected chi connectivity index (χ4v) is 2.79. The number of hydrogen-bond donors (Lipinski definition) is 1. The lowest BCUT2D eigenvalue weighted by Crippen LogP contribution is -2.39. The van der Waals surface area contributed by atoms with Gasteiger partial charge >= 0.3 is 0 Å². The molecule has 0 aromatic heterocycles. The predicted octanol–water partition coefficient (Wildman–Crippen LogP) is 4.74. The standard InChI is InChI=1S/C19H37NO2/c1-8-11-12-15(9-2)16(21)18(4,5)13-14-19(6,7)17(22)20-10-3/h15H,8-14H2,1-7H3,(H,20,22). The Morgan fingerprint density at radius 2 is 1.50 bits per heavy atom. The number of nitrogens with one attached hydrogen (secondary N) is 1. The highest BCUT2D eigenvalue weighted by atomic mass is 16.2. The minimum atomic E-state index is -0.418. The van der Waals surface area contributed by atoms with Crippen molar-refractivity contribution in [1.82, 2.24) is 5.32 Å². The summed E-state index contributed by atoms with van der Waals surface area (Å²) in [4.78, 5) is 24.9. The Morgan fingerprint density at radius 3 is 1.95 bits per heavy atom. The lowest BCUT2D eigenvalue weighted by molar-refractivity contribution is -0.134. The molecule has 1 atom stereocenters. The van der Waals surface area contributed by atoms with Crippen LogP contribution in [0.25, 0.3) is 0 Å². The highest BCUT2D eigenvalue weighted by Gasteiger charge is 2.36. The van der Waals surface area contributed by atoms with E-state index in [4.69, 9.17) is 0 Å². The second-order valence-corrected chi connectivity index (χ2v) is 7.74. The minimum absolute atomic E-state index is 0.0799. The van der Waals surface area contributed by atoms with Gasteiger partial charge in [-0.25, -0.2) is 0 Å². The molecular weight excluding hydrogens is 274 g/mol. The van der Waals surface area contributed by atoms with Crippen molar-refractivity contribution in [1.29, 1.82) is 0 Å². The van der Waals surface area contributed by atoms with Gasteiger partial charge in [-0.3, -0.25) is 9.59 Å². The molecule has 0 saturated carbocycles. The van der Waals surface area contributed by atoms with Crippen LogP contribution >= 0.6 is 0 Å². The van der Waals surface area contributed by atoms with Crippen LogP contribution in [0.4, 0.5) is 0 Å². The first-order chi connectivity index (χ1) is 10.1. The van der Waals surface area contributed by atoms with E-state index in [2.05, 4.69) is 19.2 Å². The molecule has 0 spiro atoms. The van der Waals surface area contributed by atoms with E-state index in [1.54, 1.807) is 0 Å². The topological polar surface area (TPSA) is 46.2 Å². The molecular formula is C19H37NO2. The SMILES string of the molecule is CCCCC(CC)C(=O)C(C)(C)CCC(C)(C)C(=O)NCC. The van der Waals surface area contributed by atoms with Crippen LogP contribution in [0.1, 0.15) is 87.0 Å². The van der Waals surface area contributed by atoms with E-state index in [0.29, 0.717) is 12.3 Å². The fraction of sp³-hybridized carbons (Fsp3) is 0.895. The van der Waals surface area contributed by atoms with E-state index in [-0.39, 0.29) is 17.2 Å². The molecule has 0 rings (SSSR count). The molecule has 1 N–H and O–H groups in total. The molecule has 0 radical (unpaired) electrons.